The molecule has 2 N–H and O–H groups in total. The minimum atomic E-state index is -3.66. The third kappa shape index (κ3) is 3.16. The summed E-state index contributed by atoms with van der Waals surface area (Å²) >= 11 is 1.07. The highest BCUT2D eigenvalue weighted by molar-refractivity contribution is 7.91. The van der Waals surface area contributed by atoms with Crippen LogP contribution in [-0.2, 0) is 16.6 Å². The van der Waals surface area contributed by atoms with E-state index in [0.717, 1.165) is 28.0 Å². The van der Waals surface area contributed by atoms with Gasteiger partial charge in [-0.05, 0) is 29.6 Å². The fourth-order valence-electron chi connectivity index (χ4n) is 2.25. The zero-order chi connectivity index (χ0) is 17.3. The first kappa shape index (κ1) is 16.6. The van der Waals surface area contributed by atoms with Gasteiger partial charge < -0.3 is 9.55 Å². The van der Waals surface area contributed by atoms with E-state index in [9.17, 15) is 22.4 Å². The van der Waals surface area contributed by atoms with E-state index in [4.69, 9.17) is 0 Å². The Bertz CT molecular complexity index is 1100. The highest BCUT2D eigenvalue weighted by atomic mass is 32.2. The number of hydrogen-bond acceptors (Lipinski definition) is 5. The summed E-state index contributed by atoms with van der Waals surface area (Å²) in [6.07, 6.45) is 0. The van der Waals surface area contributed by atoms with Crippen molar-refractivity contribution in [3.8, 4) is 0 Å². The lowest BCUT2D eigenvalue weighted by Gasteiger charge is -2.10. The van der Waals surface area contributed by atoms with Crippen molar-refractivity contribution in [1.29, 1.82) is 0 Å². The van der Waals surface area contributed by atoms with Crippen LogP contribution in [0.25, 0.3) is 11.0 Å². The normalized spacial score (nSPS) is 11.9. The van der Waals surface area contributed by atoms with Crippen LogP contribution in [0.2, 0.25) is 0 Å². The molecule has 2 aromatic heterocycles. The van der Waals surface area contributed by atoms with E-state index in [-0.39, 0.29) is 22.8 Å². The van der Waals surface area contributed by atoms with Gasteiger partial charge in [0.1, 0.15) is 10.0 Å². The number of benzene rings is 1. The van der Waals surface area contributed by atoms with Crippen LogP contribution in [0.1, 0.15) is 0 Å². The number of H-pyrrole nitrogens is 1. The number of fused-ring (bicyclic) bond motifs is 1. The number of aromatic nitrogens is 2. The Kier molecular flexibility index (Phi) is 4.35. The summed E-state index contributed by atoms with van der Waals surface area (Å²) in [6, 6.07) is 6.69. The Labute approximate surface area is 139 Å². The van der Waals surface area contributed by atoms with Gasteiger partial charge in [-0.2, -0.15) is 0 Å². The average molecular weight is 369 g/mol. The summed E-state index contributed by atoms with van der Waals surface area (Å²) in [5.74, 6) is -0.554. The van der Waals surface area contributed by atoms with Crippen molar-refractivity contribution in [2.24, 2.45) is 0 Å². The van der Waals surface area contributed by atoms with Crippen LogP contribution in [0.5, 0.6) is 0 Å². The van der Waals surface area contributed by atoms with E-state index in [2.05, 4.69) is 9.71 Å². The predicted molar refractivity (Wildman–Crippen MR) is 88.3 cm³/mol. The van der Waals surface area contributed by atoms with Crippen LogP contribution < -0.4 is 15.8 Å². The molecular weight excluding hydrogens is 357 g/mol. The third-order valence-corrected chi connectivity index (χ3v) is 6.18. The fraction of sp³-hybridized carbons (Fsp3) is 0.143. The summed E-state index contributed by atoms with van der Waals surface area (Å²) in [4.78, 5) is 26.0. The average Bonchev–Trinajstić information content (AvgIpc) is 3.06. The van der Waals surface area contributed by atoms with Gasteiger partial charge in [0.2, 0.25) is 10.0 Å². The maximum absolute atomic E-state index is 13.3. The number of nitrogens with one attached hydrogen (secondary N) is 2. The highest BCUT2D eigenvalue weighted by Crippen LogP contribution is 2.15. The Balaban J connectivity index is 1.89. The van der Waals surface area contributed by atoms with Crippen LogP contribution in [0.3, 0.4) is 0 Å². The molecule has 0 fully saturated rings. The smallest absolute Gasteiger partial charge is 0.316 e. The molecule has 0 aliphatic rings. The highest BCUT2D eigenvalue weighted by Gasteiger charge is 2.15. The third-order valence-electron chi connectivity index (χ3n) is 3.32. The van der Waals surface area contributed by atoms with Crippen LogP contribution in [-0.4, -0.2) is 24.5 Å². The summed E-state index contributed by atoms with van der Waals surface area (Å²) < 4.78 is 41.0. The van der Waals surface area contributed by atoms with Crippen LogP contribution >= 0.6 is 11.3 Å². The Hall–Kier alpha value is -2.30. The lowest BCUT2D eigenvalue weighted by atomic mass is 10.3. The first-order chi connectivity index (χ1) is 11.4. The lowest BCUT2D eigenvalue weighted by Crippen LogP contribution is -2.39. The van der Waals surface area contributed by atoms with Crippen molar-refractivity contribution in [2.75, 3.05) is 6.54 Å². The van der Waals surface area contributed by atoms with Gasteiger partial charge in [0.15, 0.2) is 0 Å². The predicted octanol–water partition coefficient (Wildman–Crippen LogP) is 0.869. The molecule has 0 unspecified atom stereocenters. The van der Waals surface area contributed by atoms with Gasteiger partial charge in [-0.15, -0.1) is 11.3 Å². The van der Waals surface area contributed by atoms with Crippen molar-refractivity contribution in [3.05, 3.63) is 62.2 Å². The molecule has 7 nitrogen and oxygen atoms in total. The first-order valence-electron chi connectivity index (χ1n) is 6.84. The summed E-state index contributed by atoms with van der Waals surface area (Å²) in [5.41, 5.74) is -1.24. The van der Waals surface area contributed by atoms with Gasteiger partial charge in [0.05, 0.1) is 11.0 Å². The largest absolute Gasteiger partial charge is 0.316 e. The van der Waals surface area contributed by atoms with Crippen molar-refractivity contribution < 1.29 is 12.8 Å². The molecule has 0 spiro atoms. The molecule has 0 saturated carbocycles. The molecule has 0 atom stereocenters. The summed E-state index contributed by atoms with van der Waals surface area (Å²) in [7, 11) is -3.66. The van der Waals surface area contributed by atoms with E-state index < -0.39 is 27.0 Å². The number of aromatic amines is 1. The van der Waals surface area contributed by atoms with Gasteiger partial charge in [-0.3, -0.25) is 9.59 Å². The van der Waals surface area contributed by atoms with E-state index in [1.807, 2.05) is 0 Å². The van der Waals surface area contributed by atoms with E-state index in [1.54, 1.807) is 11.4 Å². The van der Waals surface area contributed by atoms with Crippen molar-refractivity contribution in [1.82, 2.24) is 14.3 Å². The molecule has 0 saturated heterocycles. The molecule has 3 rings (SSSR count). The standard InChI is InChI=1S/C14H12FN3O4S2/c15-9-3-4-11-10(8-9)17-13(19)14(20)18(11)6-5-16-24(21,22)12-2-1-7-23-12/h1-4,7-8,16H,5-6H2,(H,17,19). The molecule has 0 aliphatic heterocycles. The SMILES string of the molecule is O=c1[nH]c2cc(F)ccc2n(CCNS(=O)(=O)c2cccs2)c1=O. The lowest BCUT2D eigenvalue weighted by molar-refractivity contribution is 0.574. The molecule has 0 amide bonds. The van der Waals surface area contributed by atoms with Crippen molar-refractivity contribution in [3.63, 3.8) is 0 Å². The van der Waals surface area contributed by atoms with Crippen molar-refractivity contribution in [2.45, 2.75) is 10.8 Å². The molecule has 0 aliphatic carbocycles. The van der Waals surface area contributed by atoms with Gasteiger partial charge in [-0.1, -0.05) is 6.07 Å². The zero-order valence-corrected chi connectivity index (χ0v) is 13.8. The Morgan fingerprint density at radius 3 is 2.75 bits per heavy atom. The second-order valence-electron chi connectivity index (χ2n) is 4.90. The van der Waals surface area contributed by atoms with E-state index in [0.29, 0.717) is 5.52 Å². The molecule has 10 heteroatoms. The number of nitrogens with zero attached hydrogens (tertiary/aromatic N) is 1. The van der Waals surface area contributed by atoms with Gasteiger partial charge in [-0.25, -0.2) is 17.5 Å². The first-order valence-corrected chi connectivity index (χ1v) is 9.20. The molecule has 3 aromatic rings. The minimum Gasteiger partial charge on any atom is -0.316 e. The molecule has 24 heavy (non-hydrogen) atoms. The fourth-order valence-corrected chi connectivity index (χ4v) is 4.31. The Morgan fingerprint density at radius 2 is 2.04 bits per heavy atom. The maximum atomic E-state index is 13.3. The second-order valence-corrected chi connectivity index (χ2v) is 7.84. The van der Waals surface area contributed by atoms with Gasteiger partial charge in [0, 0.05) is 13.1 Å². The van der Waals surface area contributed by atoms with Crippen LogP contribution in [0.4, 0.5) is 4.39 Å². The number of halogens is 1. The Morgan fingerprint density at radius 1 is 1.25 bits per heavy atom. The number of hydrogen-bond donors (Lipinski definition) is 2. The number of rotatable bonds is 5. The minimum absolute atomic E-state index is 0.0600. The molecular formula is C14H12FN3O4S2. The van der Waals surface area contributed by atoms with E-state index in [1.165, 1.54) is 12.1 Å². The quantitative estimate of drug-likeness (QED) is 0.652. The van der Waals surface area contributed by atoms with Gasteiger partial charge >= 0.3 is 11.1 Å². The summed E-state index contributed by atoms with van der Waals surface area (Å²) in [5, 5.41) is 1.64. The van der Waals surface area contributed by atoms with E-state index >= 15 is 0 Å². The van der Waals surface area contributed by atoms with Crippen molar-refractivity contribution >= 4 is 32.4 Å². The zero-order valence-electron chi connectivity index (χ0n) is 12.2. The van der Waals surface area contributed by atoms with Crippen LogP contribution in [0.15, 0.2) is 49.5 Å². The monoisotopic (exact) mass is 369 g/mol. The van der Waals surface area contributed by atoms with Gasteiger partial charge in [0.25, 0.3) is 0 Å². The maximum Gasteiger partial charge on any atom is 0.316 e. The second kappa shape index (κ2) is 6.30. The number of thiophene rings is 1. The molecule has 2 heterocycles. The molecule has 0 radical (unpaired) electrons. The molecule has 126 valence electrons. The molecule has 1 aromatic carbocycles. The molecule has 0 bridgehead atoms. The van der Waals surface area contributed by atoms with Crippen LogP contribution in [0, 0.1) is 5.82 Å². The summed E-state index contributed by atoms with van der Waals surface area (Å²) in [6.45, 7) is -0.147. The topological polar surface area (TPSA) is 101 Å². The number of sulfonamides is 1.